The predicted molar refractivity (Wildman–Crippen MR) is 74.0 cm³/mol. The van der Waals surface area contributed by atoms with Crippen LogP contribution in [0, 0.1) is 5.82 Å². The quantitative estimate of drug-likeness (QED) is 0.475. The molecule has 0 spiro atoms. The van der Waals surface area contributed by atoms with Crippen LogP contribution in [0.5, 0.6) is 0 Å². The molecule has 0 fully saturated rings. The van der Waals surface area contributed by atoms with Gasteiger partial charge in [0.1, 0.15) is 5.82 Å². The Kier molecular flexibility index (Phi) is 5.98. The lowest BCUT2D eigenvalue weighted by molar-refractivity contribution is -0.120. The van der Waals surface area contributed by atoms with Crippen molar-refractivity contribution in [2.45, 2.75) is 36.8 Å². The highest BCUT2D eigenvalue weighted by atomic mass is 32.2. The maximum absolute atomic E-state index is 13.5. The number of thioether (sulfide) groups is 1. The first-order valence-corrected chi connectivity index (χ1v) is 6.92. The van der Waals surface area contributed by atoms with Crippen LogP contribution in [0.25, 0.3) is 0 Å². The topological polar surface area (TPSA) is 55.1 Å². The first-order chi connectivity index (χ1) is 8.54. The van der Waals surface area contributed by atoms with Crippen LogP contribution in [0.3, 0.4) is 0 Å². The molecule has 0 aliphatic heterocycles. The van der Waals surface area contributed by atoms with Gasteiger partial charge in [0.15, 0.2) is 0 Å². The molecule has 0 aliphatic rings. The molecule has 5 heteroatoms. The molecule has 3 nitrogen and oxygen atoms in total. The van der Waals surface area contributed by atoms with Crippen molar-refractivity contribution in [3.8, 4) is 0 Å². The van der Waals surface area contributed by atoms with Crippen LogP contribution >= 0.6 is 11.8 Å². The van der Waals surface area contributed by atoms with Crippen molar-refractivity contribution in [3.63, 3.8) is 0 Å². The molecule has 0 heterocycles. The van der Waals surface area contributed by atoms with E-state index in [9.17, 15) is 9.18 Å². The number of nitrogen functional groups attached to an aromatic ring is 1. The van der Waals surface area contributed by atoms with Crippen molar-refractivity contribution >= 4 is 23.4 Å². The highest BCUT2D eigenvalue weighted by Crippen LogP contribution is 2.27. The minimum absolute atomic E-state index is 0.0651. The lowest BCUT2D eigenvalue weighted by Gasteiger charge is -2.12. The maximum atomic E-state index is 13.5. The molecule has 0 radical (unpaired) electrons. The molecule has 1 rings (SSSR count). The van der Waals surface area contributed by atoms with Gasteiger partial charge in [-0.2, -0.15) is 0 Å². The van der Waals surface area contributed by atoms with E-state index in [1.165, 1.54) is 17.8 Å². The van der Waals surface area contributed by atoms with E-state index in [2.05, 4.69) is 12.2 Å². The molecular formula is C13H19FN2OS. The van der Waals surface area contributed by atoms with Crippen LogP contribution in [0.4, 0.5) is 10.1 Å². The molecule has 1 unspecified atom stereocenters. The Morgan fingerprint density at radius 2 is 2.28 bits per heavy atom. The number of hydrogen-bond donors (Lipinski definition) is 2. The largest absolute Gasteiger partial charge is 0.399 e. The predicted octanol–water partition coefficient (Wildman–Crippen LogP) is 2.80. The summed E-state index contributed by atoms with van der Waals surface area (Å²) in [5.74, 6) is -0.446. The molecule has 1 aromatic carbocycles. The lowest BCUT2D eigenvalue weighted by atomic mass is 10.3. The molecule has 3 N–H and O–H groups in total. The molecule has 0 saturated carbocycles. The van der Waals surface area contributed by atoms with E-state index >= 15 is 0 Å². The van der Waals surface area contributed by atoms with Gasteiger partial charge in [0.05, 0.1) is 5.25 Å². The minimum atomic E-state index is -0.381. The number of halogens is 1. The molecule has 0 saturated heterocycles. The number of benzene rings is 1. The van der Waals surface area contributed by atoms with Gasteiger partial charge in [0, 0.05) is 17.1 Å². The molecule has 0 aliphatic carbocycles. The number of nitrogens with one attached hydrogen (secondary N) is 1. The fraction of sp³-hybridized carbons (Fsp3) is 0.462. The summed E-state index contributed by atoms with van der Waals surface area (Å²) in [7, 11) is 0. The van der Waals surface area contributed by atoms with Crippen LogP contribution in [-0.4, -0.2) is 17.7 Å². The minimum Gasteiger partial charge on any atom is -0.399 e. The number of nitrogens with two attached hydrogens (primary N) is 1. The normalized spacial score (nSPS) is 12.2. The van der Waals surface area contributed by atoms with E-state index in [1.807, 2.05) is 0 Å². The molecule has 0 bridgehead atoms. The van der Waals surface area contributed by atoms with Crippen LogP contribution in [0.1, 0.15) is 26.7 Å². The third-order valence-corrected chi connectivity index (χ3v) is 3.61. The van der Waals surface area contributed by atoms with Crippen molar-refractivity contribution in [1.29, 1.82) is 0 Å². The summed E-state index contributed by atoms with van der Waals surface area (Å²) in [6, 6.07) is 4.50. The zero-order valence-electron chi connectivity index (χ0n) is 10.7. The fourth-order valence-electron chi connectivity index (χ4n) is 1.39. The molecule has 1 aromatic rings. The zero-order valence-corrected chi connectivity index (χ0v) is 11.5. The van der Waals surface area contributed by atoms with E-state index in [1.54, 1.807) is 19.1 Å². The van der Waals surface area contributed by atoms with Crippen LogP contribution in [-0.2, 0) is 4.79 Å². The van der Waals surface area contributed by atoms with Gasteiger partial charge in [-0.3, -0.25) is 4.79 Å². The van der Waals surface area contributed by atoms with Crippen molar-refractivity contribution in [2.24, 2.45) is 0 Å². The van der Waals surface area contributed by atoms with E-state index in [0.717, 1.165) is 12.8 Å². The average molecular weight is 270 g/mol. The smallest absolute Gasteiger partial charge is 0.233 e. The Morgan fingerprint density at radius 3 is 2.89 bits per heavy atom. The second kappa shape index (κ2) is 7.26. The summed E-state index contributed by atoms with van der Waals surface area (Å²) in [5, 5.41) is 2.51. The molecule has 18 heavy (non-hydrogen) atoms. The second-order valence-corrected chi connectivity index (χ2v) is 5.48. The highest BCUT2D eigenvalue weighted by molar-refractivity contribution is 8.00. The number of carbonyl (C=O) groups excluding carboxylic acids is 1. The SMILES string of the molecule is CCCCNC(=O)C(C)Sc1ccc(N)cc1F. The number of unbranched alkanes of at least 4 members (excludes halogenated alkanes) is 1. The van der Waals surface area contributed by atoms with E-state index in [4.69, 9.17) is 5.73 Å². The van der Waals surface area contributed by atoms with Gasteiger partial charge in [-0.05, 0) is 31.5 Å². The lowest BCUT2D eigenvalue weighted by Crippen LogP contribution is -2.31. The summed E-state index contributed by atoms with van der Waals surface area (Å²) in [5.41, 5.74) is 5.86. The summed E-state index contributed by atoms with van der Waals surface area (Å²) in [4.78, 5) is 12.2. The number of anilines is 1. The molecule has 0 aromatic heterocycles. The third-order valence-electron chi connectivity index (χ3n) is 2.46. The van der Waals surface area contributed by atoms with Gasteiger partial charge in [0.2, 0.25) is 5.91 Å². The van der Waals surface area contributed by atoms with Gasteiger partial charge < -0.3 is 11.1 Å². The van der Waals surface area contributed by atoms with Gasteiger partial charge >= 0.3 is 0 Å². The summed E-state index contributed by atoms with van der Waals surface area (Å²) in [6.07, 6.45) is 1.99. The molecule has 100 valence electrons. The Bertz CT molecular complexity index is 412. The van der Waals surface area contributed by atoms with Crippen LogP contribution < -0.4 is 11.1 Å². The first-order valence-electron chi connectivity index (χ1n) is 6.04. The van der Waals surface area contributed by atoms with E-state index < -0.39 is 0 Å². The fourth-order valence-corrected chi connectivity index (χ4v) is 2.28. The number of hydrogen-bond acceptors (Lipinski definition) is 3. The third kappa shape index (κ3) is 4.56. The Balaban J connectivity index is 2.53. The maximum Gasteiger partial charge on any atom is 0.233 e. The van der Waals surface area contributed by atoms with E-state index in [0.29, 0.717) is 17.1 Å². The van der Waals surface area contributed by atoms with Gasteiger partial charge in [-0.15, -0.1) is 11.8 Å². The van der Waals surface area contributed by atoms with Crippen LogP contribution in [0.2, 0.25) is 0 Å². The van der Waals surface area contributed by atoms with Gasteiger partial charge in [-0.1, -0.05) is 13.3 Å². The summed E-state index contributed by atoms with van der Waals surface area (Å²) >= 11 is 1.20. The van der Waals surface area contributed by atoms with E-state index in [-0.39, 0.29) is 17.0 Å². The van der Waals surface area contributed by atoms with Crippen molar-refractivity contribution in [3.05, 3.63) is 24.0 Å². The molecule has 1 atom stereocenters. The average Bonchev–Trinajstić information content (AvgIpc) is 2.32. The molecule has 1 amide bonds. The number of amides is 1. The summed E-state index contributed by atoms with van der Waals surface area (Å²) in [6.45, 7) is 4.50. The van der Waals surface area contributed by atoms with Crippen molar-refractivity contribution in [1.82, 2.24) is 5.32 Å². The van der Waals surface area contributed by atoms with Gasteiger partial charge in [-0.25, -0.2) is 4.39 Å². The summed E-state index contributed by atoms with van der Waals surface area (Å²) < 4.78 is 13.5. The van der Waals surface area contributed by atoms with Crippen molar-refractivity contribution in [2.75, 3.05) is 12.3 Å². The Labute approximate surface area is 111 Å². The Hall–Kier alpha value is -1.23. The number of rotatable bonds is 6. The monoisotopic (exact) mass is 270 g/mol. The second-order valence-electron chi connectivity index (χ2n) is 4.09. The zero-order chi connectivity index (χ0) is 13.5. The highest BCUT2D eigenvalue weighted by Gasteiger charge is 2.15. The Morgan fingerprint density at radius 1 is 1.56 bits per heavy atom. The standard InChI is InChI=1S/C13H19FN2OS/c1-3-4-7-16-13(17)9(2)18-12-6-5-10(15)8-11(12)14/h5-6,8-9H,3-4,7,15H2,1-2H3,(H,16,17). The number of carbonyl (C=O) groups is 1. The van der Waals surface area contributed by atoms with Crippen LogP contribution in [0.15, 0.2) is 23.1 Å². The molecular weight excluding hydrogens is 251 g/mol. The first kappa shape index (κ1) is 14.8. The van der Waals surface area contributed by atoms with Gasteiger partial charge in [0.25, 0.3) is 0 Å². The van der Waals surface area contributed by atoms with Crippen molar-refractivity contribution < 1.29 is 9.18 Å².